The minimum absolute atomic E-state index is 0.0756. The molecule has 154 valence electrons. The van der Waals surface area contributed by atoms with E-state index in [-0.39, 0.29) is 17.8 Å². The number of carbonyl (C=O) groups is 1. The Labute approximate surface area is 173 Å². The number of hydrogen-bond donors (Lipinski definition) is 0. The van der Waals surface area contributed by atoms with E-state index in [9.17, 15) is 9.18 Å². The van der Waals surface area contributed by atoms with E-state index in [0.29, 0.717) is 6.54 Å². The van der Waals surface area contributed by atoms with Crippen molar-refractivity contribution < 1.29 is 9.18 Å². The van der Waals surface area contributed by atoms with Gasteiger partial charge in [0, 0.05) is 46.3 Å². The fourth-order valence-electron chi connectivity index (χ4n) is 3.70. The number of hydrogen-bond acceptors (Lipinski definition) is 3. The number of carbonyl (C=O) groups excluding carboxylic acids is 1. The van der Waals surface area contributed by atoms with Gasteiger partial charge < -0.3 is 4.90 Å². The molecule has 0 bridgehead atoms. The molecule has 1 unspecified atom stereocenters. The van der Waals surface area contributed by atoms with E-state index in [4.69, 9.17) is 0 Å². The van der Waals surface area contributed by atoms with Gasteiger partial charge in [-0.3, -0.25) is 14.6 Å². The summed E-state index contributed by atoms with van der Waals surface area (Å²) in [5, 5.41) is 0. The predicted molar refractivity (Wildman–Crippen MR) is 116 cm³/mol. The highest BCUT2D eigenvalue weighted by Crippen LogP contribution is 2.12. The third kappa shape index (κ3) is 6.24. The van der Waals surface area contributed by atoms with Crippen LogP contribution < -0.4 is 0 Å². The summed E-state index contributed by atoms with van der Waals surface area (Å²) in [5.74, 6) is -0.194. The minimum Gasteiger partial charge on any atom is -0.340 e. The van der Waals surface area contributed by atoms with Gasteiger partial charge in [-0.15, -0.1) is 0 Å². The van der Waals surface area contributed by atoms with Crippen LogP contribution in [0, 0.1) is 5.82 Å². The zero-order valence-corrected chi connectivity index (χ0v) is 17.3. The Kier molecular flexibility index (Phi) is 7.55. The highest BCUT2D eigenvalue weighted by Gasteiger charge is 2.27. The van der Waals surface area contributed by atoms with Gasteiger partial charge in [0.05, 0.1) is 6.04 Å². The van der Waals surface area contributed by atoms with Crippen LogP contribution in [-0.4, -0.2) is 66.4 Å². The van der Waals surface area contributed by atoms with Crippen molar-refractivity contribution in [3.05, 3.63) is 77.6 Å². The summed E-state index contributed by atoms with van der Waals surface area (Å²) in [6, 6.07) is 16.6. The van der Waals surface area contributed by atoms with Crippen molar-refractivity contribution in [2.75, 3.05) is 39.8 Å². The number of piperazine rings is 1. The zero-order chi connectivity index (χ0) is 20.6. The monoisotopic (exact) mass is 395 g/mol. The van der Waals surface area contributed by atoms with Gasteiger partial charge in [0.15, 0.2) is 0 Å². The summed E-state index contributed by atoms with van der Waals surface area (Å²) < 4.78 is 13.4. The number of amides is 1. The van der Waals surface area contributed by atoms with Crippen LogP contribution in [0.5, 0.6) is 0 Å². The molecule has 1 heterocycles. The van der Waals surface area contributed by atoms with Crippen molar-refractivity contribution in [2.24, 2.45) is 0 Å². The first-order chi connectivity index (χ1) is 14.0. The summed E-state index contributed by atoms with van der Waals surface area (Å²) >= 11 is 0. The van der Waals surface area contributed by atoms with Crippen LogP contribution in [0.25, 0.3) is 6.08 Å². The Morgan fingerprint density at radius 3 is 2.52 bits per heavy atom. The third-order valence-electron chi connectivity index (χ3n) is 5.47. The minimum atomic E-state index is -0.270. The van der Waals surface area contributed by atoms with Crippen molar-refractivity contribution in [1.82, 2.24) is 14.7 Å². The third-order valence-corrected chi connectivity index (χ3v) is 5.47. The van der Waals surface area contributed by atoms with Crippen LogP contribution in [0.4, 0.5) is 4.39 Å². The number of rotatable bonds is 7. The quantitative estimate of drug-likeness (QED) is 0.718. The standard InChI is InChI=1S/C24H30FN3O/c1-20(24(29)26(2)19-22-10-6-12-23(25)18-22)28-16-14-27(15-17-28)13-7-11-21-8-4-3-5-9-21/h3-12,18,20H,13-17,19H2,1-2H3. The topological polar surface area (TPSA) is 26.8 Å². The van der Waals surface area contributed by atoms with E-state index < -0.39 is 0 Å². The van der Waals surface area contributed by atoms with Gasteiger partial charge in [-0.1, -0.05) is 54.6 Å². The molecule has 4 nitrogen and oxygen atoms in total. The van der Waals surface area contributed by atoms with E-state index in [2.05, 4.69) is 34.1 Å². The van der Waals surface area contributed by atoms with Crippen LogP contribution in [0.2, 0.25) is 0 Å². The van der Waals surface area contributed by atoms with Gasteiger partial charge in [0.2, 0.25) is 5.91 Å². The maximum Gasteiger partial charge on any atom is 0.239 e. The molecule has 2 aromatic carbocycles. The number of nitrogens with zero attached hydrogens (tertiary/aromatic N) is 3. The van der Waals surface area contributed by atoms with E-state index >= 15 is 0 Å². The van der Waals surface area contributed by atoms with Crippen LogP contribution in [0.1, 0.15) is 18.1 Å². The van der Waals surface area contributed by atoms with Gasteiger partial charge in [0.25, 0.3) is 0 Å². The lowest BCUT2D eigenvalue weighted by Crippen LogP contribution is -2.53. The van der Waals surface area contributed by atoms with Crippen molar-refractivity contribution in [3.63, 3.8) is 0 Å². The molecular weight excluding hydrogens is 365 g/mol. The van der Waals surface area contributed by atoms with E-state index in [0.717, 1.165) is 38.3 Å². The lowest BCUT2D eigenvalue weighted by molar-refractivity contribution is -0.136. The molecule has 1 fully saturated rings. The van der Waals surface area contributed by atoms with E-state index in [1.54, 1.807) is 18.0 Å². The molecule has 1 aliphatic rings. The molecule has 0 N–H and O–H groups in total. The van der Waals surface area contributed by atoms with Crippen LogP contribution in [0.3, 0.4) is 0 Å². The molecule has 0 saturated carbocycles. The molecule has 0 aliphatic carbocycles. The molecule has 1 aliphatic heterocycles. The summed E-state index contributed by atoms with van der Waals surface area (Å²) in [6.07, 6.45) is 4.35. The van der Waals surface area contributed by atoms with E-state index in [1.165, 1.54) is 17.7 Å². The molecule has 29 heavy (non-hydrogen) atoms. The summed E-state index contributed by atoms with van der Waals surface area (Å²) in [6.45, 7) is 6.96. The maximum absolute atomic E-state index is 13.4. The second-order valence-electron chi connectivity index (χ2n) is 7.65. The van der Waals surface area contributed by atoms with Crippen molar-refractivity contribution >= 4 is 12.0 Å². The number of halogens is 1. The molecular formula is C24H30FN3O. The molecule has 2 aromatic rings. The van der Waals surface area contributed by atoms with Gasteiger partial charge >= 0.3 is 0 Å². The zero-order valence-electron chi connectivity index (χ0n) is 17.3. The van der Waals surface area contributed by atoms with Crippen LogP contribution in [-0.2, 0) is 11.3 Å². The second-order valence-corrected chi connectivity index (χ2v) is 7.65. The highest BCUT2D eigenvalue weighted by molar-refractivity contribution is 5.81. The van der Waals surface area contributed by atoms with E-state index in [1.807, 2.05) is 31.2 Å². The molecule has 1 atom stereocenters. The van der Waals surface area contributed by atoms with Crippen molar-refractivity contribution in [2.45, 2.75) is 19.5 Å². The molecule has 0 radical (unpaired) electrons. The smallest absolute Gasteiger partial charge is 0.239 e. The molecule has 5 heteroatoms. The Morgan fingerprint density at radius 2 is 1.83 bits per heavy atom. The lowest BCUT2D eigenvalue weighted by atomic mass is 10.1. The summed E-state index contributed by atoms with van der Waals surface area (Å²) in [4.78, 5) is 19.1. The first-order valence-corrected chi connectivity index (χ1v) is 10.2. The first-order valence-electron chi connectivity index (χ1n) is 10.2. The Morgan fingerprint density at radius 1 is 1.10 bits per heavy atom. The molecule has 1 saturated heterocycles. The Bertz CT molecular complexity index is 816. The summed E-state index contributed by atoms with van der Waals surface area (Å²) in [7, 11) is 1.79. The van der Waals surface area contributed by atoms with Gasteiger partial charge in [-0.05, 0) is 30.2 Å². The van der Waals surface area contributed by atoms with Gasteiger partial charge in [0.1, 0.15) is 5.82 Å². The SMILES string of the molecule is CC(C(=O)N(C)Cc1cccc(F)c1)N1CCN(CC=Cc2ccccc2)CC1. The fraction of sp³-hybridized carbons (Fsp3) is 0.375. The summed E-state index contributed by atoms with van der Waals surface area (Å²) in [5.41, 5.74) is 2.02. The van der Waals surface area contributed by atoms with Crippen molar-refractivity contribution in [3.8, 4) is 0 Å². The van der Waals surface area contributed by atoms with Gasteiger partial charge in [-0.25, -0.2) is 4.39 Å². The average Bonchev–Trinajstić information content (AvgIpc) is 2.74. The largest absolute Gasteiger partial charge is 0.340 e. The number of benzene rings is 2. The van der Waals surface area contributed by atoms with Crippen LogP contribution >= 0.6 is 0 Å². The average molecular weight is 396 g/mol. The second kappa shape index (κ2) is 10.3. The highest BCUT2D eigenvalue weighted by atomic mass is 19.1. The van der Waals surface area contributed by atoms with Gasteiger partial charge in [-0.2, -0.15) is 0 Å². The normalized spacial score (nSPS) is 16.8. The fourth-order valence-corrected chi connectivity index (χ4v) is 3.70. The lowest BCUT2D eigenvalue weighted by Gasteiger charge is -2.38. The molecule has 1 amide bonds. The van der Waals surface area contributed by atoms with Crippen molar-refractivity contribution in [1.29, 1.82) is 0 Å². The molecule has 3 rings (SSSR count). The molecule has 0 spiro atoms. The number of likely N-dealkylation sites (N-methyl/N-ethyl adjacent to an activating group) is 1. The van der Waals surface area contributed by atoms with Crippen LogP contribution in [0.15, 0.2) is 60.7 Å². The Balaban J connectivity index is 1.44. The predicted octanol–water partition coefficient (Wildman–Crippen LogP) is 3.50. The Hall–Kier alpha value is -2.50. The first kappa shape index (κ1) is 21.2. The molecule has 0 aromatic heterocycles. The maximum atomic E-state index is 13.4.